The number of hydrogen-bond donors (Lipinski definition) is 1. The molecule has 1 atom stereocenters. The van der Waals surface area contributed by atoms with Crippen molar-refractivity contribution in [2.75, 3.05) is 0 Å². The normalized spacial score (nSPS) is 12.4. The molecular weight excluding hydrogens is 268 g/mol. The lowest BCUT2D eigenvalue weighted by molar-refractivity contribution is 0.305. The molecule has 0 spiro atoms. The van der Waals surface area contributed by atoms with Gasteiger partial charge in [0.1, 0.15) is 17.4 Å². The largest absolute Gasteiger partial charge is 0.486 e. The number of ether oxygens (including phenoxy) is 1. The Morgan fingerprint density at radius 3 is 2.89 bits per heavy atom. The summed E-state index contributed by atoms with van der Waals surface area (Å²) in [4.78, 5) is 5.56. The number of nitrogens with two attached hydrogens (primary N) is 1. The number of aryl methyl sites for hydroxylation is 1. The van der Waals surface area contributed by atoms with Crippen molar-refractivity contribution in [3.05, 3.63) is 44.9 Å². The molecule has 0 aliphatic heterocycles. The highest BCUT2D eigenvalue weighted by Crippen LogP contribution is 2.25. The van der Waals surface area contributed by atoms with Crippen molar-refractivity contribution in [3.63, 3.8) is 0 Å². The minimum absolute atomic E-state index is 0.0161. The van der Waals surface area contributed by atoms with E-state index in [0.717, 1.165) is 21.3 Å². The van der Waals surface area contributed by atoms with E-state index in [1.54, 1.807) is 17.4 Å². The average Bonchev–Trinajstić information content (AvgIpc) is 2.68. The lowest BCUT2D eigenvalue weighted by Crippen LogP contribution is -2.03. The maximum absolute atomic E-state index is 5.89. The predicted molar refractivity (Wildman–Crippen MR) is 75.2 cm³/mol. The molecule has 2 aromatic rings. The van der Waals surface area contributed by atoms with Gasteiger partial charge >= 0.3 is 0 Å². The van der Waals surface area contributed by atoms with E-state index in [0.29, 0.717) is 11.6 Å². The van der Waals surface area contributed by atoms with Gasteiger partial charge in [0, 0.05) is 15.9 Å². The zero-order valence-electron chi connectivity index (χ0n) is 10.3. The van der Waals surface area contributed by atoms with Gasteiger partial charge in [0.15, 0.2) is 0 Å². The molecule has 2 N–H and O–H groups in total. The molecule has 0 amide bonds. The van der Waals surface area contributed by atoms with Crippen molar-refractivity contribution in [1.29, 1.82) is 0 Å². The van der Waals surface area contributed by atoms with Crippen molar-refractivity contribution >= 4 is 22.9 Å². The first-order chi connectivity index (χ1) is 8.56. The Labute approximate surface area is 116 Å². The van der Waals surface area contributed by atoms with Gasteiger partial charge in [0.25, 0.3) is 0 Å². The summed E-state index contributed by atoms with van der Waals surface area (Å²) in [6.45, 7) is 4.37. The number of benzene rings is 1. The molecule has 3 nitrogen and oxygen atoms in total. The second kappa shape index (κ2) is 5.69. The first-order valence-corrected chi connectivity index (χ1v) is 6.86. The number of thiazole rings is 1. The monoisotopic (exact) mass is 282 g/mol. The van der Waals surface area contributed by atoms with Crippen molar-refractivity contribution in [2.45, 2.75) is 26.5 Å². The number of aromatic nitrogens is 1. The summed E-state index contributed by atoms with van der Waals surface area (Å²) in [5, 5.41) is 1.60. The smallest absolute Gasteiger partial charge is 0.140 e. The topological polar surface area (TPSA) is 48.1 Å². The SMILES string of the molecule is Cc1nc(COc2cccc(Cl)c2)sc1C(C)N. The maximum Gasteiger partial charge on any atom is 0.140 e. The molecule has 2 rings (SSSR count). The highest BCUT2D eigenvalue weighted by atomic mass is 35.5. The maximum atomic E-state index is 5.89. The van der Waals surface area contributed by atoms with E-state index in [1.165, 1.54) is 0 Å². The van der Waals surface area contributed by atoms with Crippen LogP contribution in [0.25, 0.3) is 0 Å². The Morgan fingerprint density at radius 2 is 2.28 bits per heavy atom. The molecule has 18 heavy (non-hydrogen) atoms. The van der Waals surface area contributed by atoms with Gasteiger partial charge in [0.05, 0.1) is 5.69 Å². The Hall–Kier alpha value is -1.10. The molecule has 0 bridgehead atoms. The van der Waals surface area contributed by atoms with Crippen LogP contribution in [0.5, 0.6) is 5.75 Å². The van der Waals surface area contributed by atoms with Gasteiger partial charge in [-0.2, -0.15) is 0 Å². The van der Waals surface area contributed by atoms with Crippen LogP contribution in [0, 0.1) is 6.92 Å². The minimum atomic E-state index is 0.0161. The van der Waals surface area contributed by atoms with Gasteiger partial charge in [-0.1, -0.05) is 17.7 Å². The fraction of sp³-hybridized carbons (Fsp3) is 0.308. The average molecular weight is 283 g/mol. The number of rotatable bonds is 4. The first kappa shape index (κ1) is 13.3. The van der Waals surface area contributed by atoms with E-state index >= 15 is 0 Å². The molecule has 0 fully saturated rings. The fourth-order valence-electron chi connectivity index (χ4n) is 1.65. The Bertz CT molecular complexity index is 540. The quantitative estimate of drug-likeness (QED) is 0.930. The molecular formula is C13H15ClN2OS. The molecule has 0 saturated heterocycles. The molecule has 5 heteroatoms. The second-order valence-corrected chi connectivity index (χ2v) is 5.64. The Balaban J connectivity index is 2.04. The molecule has 1 aromatic heterocycles. The summed E-state index contributed by atoms with van der Waals surface area (Å²) in [5.74, 6) is 0.748. The highest BCUT2D eigenvalue weighted by Gasteiger charge is 2.11. The molecule has 96 valence electrons. The van der Waals surface area contributed by atoms with Crippen LogP contribution in [0.15, 0.2) is 24.3 Å². The van der Waals surface area contributed by atoms with Crippen molar-refractivity contribution in [2.24, 2.45) is 5.73 Å². The molecule has 0 saturated carbocycles. The highest BCUT2D eigenvalue weighted by molar-refractivity contribution is 7.11. The third-order valence-corrected chi connectivity index (χ3v) is 4.02. The lowest BCUT2D eigenvalue weighted by Gasteiger charge is -2.03. The van der Waals surface area contributed by atoms with Gasteiger partial charge < -0.3 is 10.5 Å². The number of hydrogen-bond acceptors (Lipinski definition) is 4. The second-order valence-electron chi connectivity index (χ2n) is 4.09. The van der Waals surface area contributed by atoms with E-state index in [-0.39, 0.29) is 6.04 Å². The first-order valence-electron chi connectivity index (χ1n) is 5.66. The van der Waals surface area contributed by atoms with E-state index in [9.17, 15) is 0 Å². The van der Waals surface area contributed by atoms with Crippen LogP contribution < -0.4 is 10.5 Å². The number of halogens is 1. The third kappa shape index (κ3) is 3.22. The molecule has 0 aliphatic carbocycles. The van der Waals surface area contributed by atoms with Gasteiger partial charge in [-0.25, -0.2) is 4.98 Å². The van der Waals surface area contributed by atoms with Crippen molar-refractivity contribution < 1.29 is 4.74 Å². The van der Waals surface area contributed by atoms with Crippen LogP contribution in [0.1, 0.15) is 28.5 Å². The zero-order valence-corrected chi connectivity index (χ0v) is 11.9. The molecule has 0 radical (unpaired) electrons. The fourth-order valence-corrected chi connectivity index (χ4v) is 2.77. The zero-order chi connectivity index (χ0) is 13.1. The molecule has 0 aliphatic rings. The summed E-state index contributed by atoms with van der Waals surface area (Å²) < 4.78 is 5.64. The Kier molecular flexibility index (Phi) is 4.22. The minimum Gasteiger partial charge on any atom is -0.486 e. The summed E-state index contributed by atoms with van der Waals surface area (Å²) in [6.07, 6.45) is 0. The van der Waals surface area contributed by atoms with E-state index in [4.69, 9.17) is 22.1 Å². The predicted octanol–water partition coefficient (Wildman–Crippen LogP) is 3.70. The van der Waals surface area contributed by atoms with E-state index in [2.05, 4.69) is 4.98 Å². The van der Waals surface area contributed by atoms with Gasteiger partial charge in [-0.3, -0.25) is 0 Å². The van der Waals surface area contributed by atoms with Crippen LogP contribution in [0.2, 0.25) is 5.02 Å². The van der Waals surface area contributed by atoms with Gasteiger partial charge in [-0.15, -0.1) is 11.3 Å². The van der Waals surface area contributed by atoms with E-state index in [1.807, 2.05) is 32.0 Å². The van der Waals surface area contributed by atoms with Crippen LogP contribution in [0.4, 0.5) is 0 Å². The van der Waals surface area contributed by atoms with E-state index < -0.39 is 0 Å². The van der Waals surface area contributed by atoms with Crippen LogP contribution in [-0.2, 0) is 6.61 Å². The molecule has 1 unspecified atom stereocenters. The standard InChI is InChI=1S/C13H15ClN2OS/c1-8(15)13-9(2)16-12(18-13)7-17-11-5-3-4-10(14)6-11/h3-6,8H,7,15H2,1-2H3. The lowest BCUT2D eigenvalue weighted by atomic mass is 10.2. The van der Waals surface area contributed by atoms with Gasteiger partial charge in [0.2, 0.25) is 0 Å². The van der Waals surface area contributed by atoms with Crippen LogP contribution in [-0.4, -0.2) is 4.98 Å². The third-order valence-electron chi connectivity index (χ3n) is 2.45. The number of nitrogens with zero attached hydrogens (tertiary/aromatic N) is 1. The van der Waals surface area contributed by atoms with Gasteiger partial charge in [-0.05, 0) is 32.0 Å². The Morgan fingerprint density at radius 1 is 1.50 bits per heavy atom. The molecule has 1 heterocycles. The summed E-state index contributed by atoms with van der Waals surface area (Å²) in [7, 11) is 0. The summed E-state index contributed by atoms with van der Waals surface area (Å²) >= 11 is 7.48. The van der Waals surface area contributed by atoms with Crippen LogP contribution >= 0.6 is 22.9 Å². The van der Waals surface area contributed by atoms with Crippen molar-refractivity contribution in [1.82, 2.24) is 4.98 Å². The van der Waals surface area contributed by atoms with Crippen LogP contribution in [0.3, 0.4) is 0 Å². The molecule has 1 aromatic carbocycles. The van der Waals surface area contributed by atoms with Crippen molar-refractivity contribution in [3.8, 4) is 5.75 Å². The summed E-state index contributed by atoms with van der Waals surface area (Å²) in [6, 6.07) is 7.35. The summed E-state index contributed by atoms with van der Waals surface area (Å²) in [5.41, 5.74) is 6.85.